The fraction of sp³-hybridized carbons (Fsp3) is 0.130. The van der Waals surface area contributed by atoms with E-state index in [-0.39, 0.29) is 11.6 Å². The van der Waals surface area contributed by atoms with E-state index in [9.17, 15) is 9.18 Å². The summed E-state index contributed by atoms with van der Waals surface area (Å²) in [7, 11) is 3.35. The molecule has 0 aliphatic rings. The first-order valence-corrected chi connectivity index (χ1v) is 9.78. The number of ketones is 1. The number of ether oxygens (including phenoxy) is 1. The van der Waals surface area contributed by atoms with Crippen LogP contribution in [-0.2, 0) is 7.05 Å². The topological polar surface area (TPSA) is 94.0 Å². The molecule has 4 aromatic rings. The highest BCUT2D eigenvalue weighted by molar-refractivity contribution is 6.00. The van der Waals surface area contributed by atoms with Gasteiger partial charge >= 0.3 is 0 Å². The lowest BCUT2D eigenvalue weighted by atomic mass is 10.1. The van der Waals surface area contributed by atoms with Crippen molar-refractivity contribution < 1.29 is 13.9 Å². The number of hydrogen-bond acceptors (Lipinski definition) is 7. The second-order valence-electron chi connectivity index (χ2n) is 7.06. The normalized spacial score (nSPS) is 10.6. The van der Waals surface area contributed by atoms with Crippen molar-refractivity contribution in [2.45, 2.75) is 6.92 Å². The number of aryl methyl sites for hydroxylation is 1. The minimum absolute atomic E-state index is 0.144. The molecule has 8 nitrogen and oxygen atoms in total. The van der Waals surface area contributed by atoms with Gasteiger partial charge in [-0.2, -0.15) is 5.10 Å². The molecule has 2 N–H and O–H groups in total. The Balaban J connectivity index is 1.71. The Kier molecular flexibility index (Phi) is 5.80. The molecule has 0 aliphatic carbocycles. The number of Topliss-reactive ketones (excluding diaryl/α,β-unsaturated/α-hetero) is 1. The molecule has 0 radical (unpaired) electrons. The van der Waals surface area contributed by atoms with Crippen LogP contribution in [0.15, 0.2) is 61.1 Å². The fourth-order valence-electron chi connectivity index (χ4n) is 3.23. The third-order valence-electron chi connectivity index (χ3n) is 4.73. The van der Waals surface area contributed by atoms with Crippen molar-refractivity contribution in [1.82, 2.24) is 19.7 Å². The Hall–Kier alpha value is -4.27. The summed E-state index contributed by atoms with van der Waals surface area (Å²) in [6, 6.07) is 13.2. The number of halogens is 1. The molecule has 2 aromatic carbocycles. The van der Waals surface area contributed by atoms with Crippen molar-refractivity contribution in [2.24, 2.45) is 7.05 Å². The van der Waals surface area contributed by atoms with Gasteiger partial charge in [0.25, 0.3) is 0 Å². The standard InChI is InChI=1S/C23H21FN6O2/c1-14(31)18-12-25-21(27-16-9-7-15(24)8-10-16)11-20(18)28-19-6-4-5-17(22(19)32-3)23-26-13-30(2)29-23/h4-13H,1-3H3,(H2,25,27,28). The molecule has 162 valence electrons. The largest absolute Gasteiger partial charge is 0.494 e. The number of para-hydroxylation sites is 1. The Bertz CT molecular complexity index is 1270. The zero-order valence-electron chi connectivity index (χ0n) is 17.8. The second-order valence-corrected chi connectivity index (χ2v) is 7.06. The van der Waals surface area contributed by atoms with E-state index in [4.69, 9.17) is 4.74 Å². The van der Waals surface area contributed by atoms with Crippen molar-refractivity contribution in [3.63, 3.8) is 0 Å². The number of aromatic nitrogens is 4. The molecule has 0 spiro atoms. The van der Waals surface area contributed by atoms with Crippen molar-refractivity contribution in [2.75, 3.05) is 17.7 Å². The van der Waals surface area contributed by atoms with Crippen LogP contribution in [0.25, 0.3) is 11.4 Å². The summed E-state index contributed by atoms with van der Waals surface area (Å²) < 4.78 is 20.4. The van der Waals surface area contributed by atoms with Crippen LogP contribution in [0.2, 0.25) is 0 Å². The number of benzene rings is 2. The lowest BCUT2D eigenvalue weighted by Crippen LogP contribution is -2.05. The van der Waals surface area contributed by atoms with E-state index in [1.54, 1.807) is 43.4 Å². The predicted molar refractivity (Wildman–Crippen MR) is 120 cm³/mol. The summed E-state index contributed by atoms with van der Waals surface area (Å²) in [5, 5.41) is 10.7. The van der Waals surface area contributed by atoms with Gasteiger partial charge in [-0.25, -0.2) is 14.4 Å². The van der Waals surface area contributed by atoms with E-state index in [1.165, 1.54) is 25.3 Å². The lowest BCUT2D eigenvalue weighted by molar-refractivity contribution is 0.101. The summed E-state index contributed by atoms with van der Waals surface area (Å²) in [6.07, 6.45) is 3.10. The van der Waals surface area contributed by atoms with Crippen molar-refractivity contribution >= 4 is 28.7 Å². The number of anilines is 4. The maximum absolute atomic E-state index is 13.2. The van der Waals surface area contributed by atoms with Crippen molar-refractivity contribution in [3.8, 4) is 17.1 Å². The monoisotopic (exact) mass is 432 g/mol. The minimum atomic E-state index is -0.327. The Morgan fingerprint density at radius 2 is 1.84 bits per heavy atom. The van der Waals surface area contributed by atoms with Gasteiger partial charge in [0, 0.05) is 25.0 Å². The van der Waals surface area contributed by atoms with Crippen LogP contribution in [0.1, 0.15) is 17.3 Å². The van der Waals surface area contributed by atoms with Gasteiger partial charge in [0.2, 0.25) is 0 Å². The van der Waals surface area contributed by atoms with Crippen LogP contribution >= 0.6 is 0 Å². The van der Waals surface area contributed by atoms with Gasteiger partial charge in [-0.05, 0) is 43.3 Å². The lowest BCUT2D eigenvalue weighted by Gasteiger charge is -2.16. The van der Waals surface area contributed by atoms with Crippen LogP contribution in [0.4, 0.5) is 27.3 Å². The molecule has 2 heterocycles. The quantitative estimate of drug-likeness (QED) is 0.408. The molecule has 4 rings (SSSR count). The summed E-state index contributed by atoms with van der Waals surface area (Å²) in [5.41, 5.74) is 2.97. The van der Waals surface area contributed by atoms with E-state index >= 15 is 0 Å². The molecule has 0 aliphatic heterocycles. The molecule has 0 unspecified atom stereocenters. The van der Waals surface area contributed by atoms with Gasteiger partial charge in [0.1, 0.15) is 18.0 Å². The van der Waals surface area contributed by atoms with Crippen LogP contribution < -0.4 is 15.4 Å². The molecule has 0 atom stereocenters. The third-order valence-corrected chi connectivity index (χ3v) is 4.73. The third kappa shape index (κ3) is 4.41. The first kappa shape index (κ1) is 21.0. The van der Waals surface area contributed by atoms with E-state index in [0.29, 0.717) is 45.6 Å². The number of rotatable bonds is 7. The van der Waals surface area contributed by atoms with E-state index in [1.807, 2.05) is 18.2 Å². The average Bonchev–Trinajstić information content (AvgIpc) is 3.21. The highest BCUT2D eigenvalue weighted by atomic mass is 19.1. The second kappa shape index (κ2) is 8.84. The highest BCUT2D eigenvalue weighted by Crippen LogP contribution is 2.37. The number of nitrogens with one attached hydrogen (secondary N) is 2. The van der Waals surface area contributed by atoms with Gasteiger partial charge in [0.15, 0.2) is 17.4 Å². The molecule has 0 amide bonds. The van der Waals surface area contributed by atoms with Crippen LogP contribution in [0, 0.1) is 5.82 Å². The van der Waals surface area contributed by atoms with E-state index < -0.39 is 0 Å². The highest BCUT2D eigenvalue weighted by Gasteiger charge is 2.17. The van der Waals surface area contributed by atoms with Gasteiger partial charge in [-0.1, -0.05) is 6.07 Å². The fourth-order valence-corrected chi connectivity index (χ4v) is 3.23. The number of hydrogen-bond donors (Lipinski definition) is 2. The first-order valence-electron chi connectivity index (χ1n) is 9.78. The number of carbonyl (C=O) groups excluding carboxylic acids is 1. The first-order chi connectivity index (χ1) is 15.4. The molecular weight excluding hydrogens is 411 g/mol. The summed E-state index contributed by atoms with van der Waals surface area (Å²) >= 11 is 0. The average molecular weight is 432 g/mol. The summed E-state index contributed by atoms with van der Waals surface area (Å²) in [4.78, 5) is 20.8. The number of carbonyl (C=O) groups is 1. The summed E-state index contributed by atoms with van der Waals surface area (Å²) in [5.74, 6) is 1.08. The van der Waals surface area contributed by atoms with Gasteiger partial charge in [-0.3, -0.25) is 9.48 Å². The zero-order chi connectivity index (χ0) is 22.7. The minimum Gasteiger partial charge on any atom is -0.494 e. The number of pyridine rings is 1. The summed E-state index contributed by atoms with van der Waals surface area (Å²) in [6.45, 7) is 1.47. The Labute approximate surface area is 184 Å². The predicted octanol–water partition coefficient (Wildman–Crippen LogP) is 4.71. The zero-order valence-corrected chi connectivity index (χ0v) is 17.8. The SMILES string of the molecule is COc1c(Nc2cc(Nc3ccc(F)cc3)ncc2C(C)=O)cccc1-c1ncn(C)n1. The Morgan fingerprint density at radius 3 is 2.50 bits per heavy atom. The molecule has 0 bridgehead atoms. The molecule has 0 saturated heterocycles. The molecule has 9 heteroatoms. The van der Waals surface area contributed by atoms with Gasteiger partial charge < -0.3 is 15.4 Å². The van der Waals surface area contributed by atoms with Gasteiger partial charge in [-0.15, -0.1) is 0 Å². The van der Waals surface area contributed by atoms with Gasteiger partial charge in [0.05, 0.1) is 29.6 Å². The smallest absolute Gasteiger partial charge is 0.184 e. The molecule has 0 saturated carbocycles. The number of nitrogens with zero attached hydrogens (tertiary/aromatic N) is 4. The van der Waals surface area contributed by atoms with Crippen LogP contribution in [-0.4, -0.2) is 32.6 Å². The molecule has 2 aromatic heterocycles. The van der Waals surface area contributed by atoms with Crippen molar-refractivity contribution in [3.05, 3.63) is 72.4 Å². The molecular formula is C23H21FN6O2. The van der Waals surface area contributed by atoms with Crippen LogP contribution in [0.3, 0.4) is 0 Å². The van der Waals surface area contributed by atoms with E-state index in [2.05, 4.69) is 25.7 Å². The molecule has 32 heavy (non-hydrogen) atoms. The van der Waals surface area contributed by atoms with E-state index in [0.717, 1.165) is 0 Å². The maximum atomic E-state index is 13.2. The maximum Gasteiger partial charge on any atom is 0.184 e. The van der Waals surface area contributed by atoms with Crippen molar-refractivity contribution in [1.29, 1.82) is 0 Å². The number of methoxy groups -OCH3 is 1. The van der Waals surface area contributed by atoms with Crippen LogP contribution in [0.5, 0.6) is 5.75 Å². The molecule has 0 fully saturated rings. The Morgan fingerprint density at radius 1 is 1.06 bits per heavy atom.